The highest BCUT2D eigenvalue weighted by molar-refractivity contribution is 7.92. The van der Waals surface area contributed by atoms with Gasteiger partial charge < -0.3 is 9.47 Å². The van der Waals surface area contributed by atoms with Crippen LogP contribution in [0.5, 0.6) is 5.75 Å². The molecule has 10 heteroatoms. The highest BCUT2D eigenvalue weighted by atomic mass is 32.2. The number of hydrogen-bond donors (Lipinski definition) is 2. The van der Waals surface area contributed by atoms with E-state index in [2.05, 4.69) is 9.44 Å². The molecule has 152 valence electrons. The molecule has 2 aromatic carbocycles. The van der Waals surface area contributed by atoms with Crippen molar-refractivity contribution in [2.24, 2.45) is 0 Å². The molecule has 0 saturated carbocycles. The van der Waals surface area contributed by atoms with E-state index in [-0.39, 0.29) is 28.1 Å². The smallest absolute Gasteiger partial charge is 0.261 e. The molecule has 0 unspecified atom stereocenters. The fourth-order valence-corrected chi connectivity index (χ4v) is 4.89. The minimum absolute atomic E-state index is 0.0536. The van der Waals surface area contributed by atoms with Gasteiger partial charge in [0, 0.05) is 18.8 Å². The lowest BCUT2D eigenvalue weighted by atomic mass is 10.2. The Morgan fingerprint density at radius 3 is 2.14 bits per heavy atom. The molecule has 2 N–H and O–H groups in total. The van der Waals surface area contributed by atoms with E-state index in [4.69, 9.17) is 9.47 Å². The Morgan fingerprint density at radius 2 is 1.57 bits per heavy atom. The molecule has 0 spiro atoms. The van der Waals surface area contributed by atoms with Gasteiger partial charge in [0.15, 0.2) is 0 Å². The number of rotatable bonds is 8. The lowest BCUT2D eigenvalue weighted by Crippen LogP contribution is -2.31. The van der Waals surface area contributed by atoms with Crippen molar-refractivity contribution in [1.82, 2.24) is 4.72 Å². The van der Waals surface area contributed by atoms with E-state index in [9.17, 15) is 16.8 Å². The van der Waals surface area contributed by atoms with Gasteiger partial charge in [-0.15, -0.1) is 0 Å². The summed E-state index contributed by atoms with van der Waals surface area (Å²) in [6.45, 7) is 0.865. The van der Waals surface area contributed by atoms with E-state index in [0.717, 1.165) is 12.8 Å². The molecule has 1 atom stereocenters. The van der Waals surface area contributed by atoms with Gasteiger partial charge in [0.1, 0.15) is 5.75 Å². The monoisotopic (exact) mass is 426 g/mol. The van der Waals surface area contributed by atoms with Crippen LogP contribution in [-0.4, -0.2) is 43.2 Å². The zero-order chi connectivity index (χ0) is 20.2. The van der Waals surface area contributed by atoms with Gasteiger partial charge in [-0.05, 0) is 61.4 Å². The molecule has 1 heterocycles. The second-order valence-electron chi connectivity index (χ2n) is 6.29. The normalized spacial score (nSPS) is 17.4. The molecule has 0 amide bonds. The van der Waals surface area contributed by atoms with Crippen LogP contribution >= 0.6 is 0 Å². The Balaban J connectivity index is 1.67. The van der Waals surface area contributed by atoms with Crippen molar-refractivity contribution < 1.29 is 26.3 Å². The second-order valence-corrected chi connectivity index (χ2v) is 9.74. The summed E-state index contributed by atoms with van der Waals surface area (Å²) in [6, 6.07) is 11.5. The predicted octanol–water partition coefficient (Wildman–Crippen LogP) is 1.95. The fraction of sp³-hybridized carbons (Fsp3) is 0.333. The van der Waals surface area contributed by atoms with Gasteiger partial charge in [-0.3, -0.25) is 4.72 Å². The third-order valence-corrected chi connectivity index (χ3v) is 7.15. The Kier molecular flexibility index (Phi) is 6.23. The van der Waals surface area contributed by atoms with E-state index in [1.807, 2.05) is 0 Å². The Morgan fingerprint density at radius 1 is 0.964 bits per heavy atom. The average molecular weight is 427 g/mol. The summed E-state index contributed by atoms with van der Waals surface area (Å²) in [4.78, 5) is 0.126. The zero-order valence-electron chi connectivity index (χ0n) is 15.3. The lowest BCUT2D eigenvalue weighted by Gasteiger charge is -2.12. The van der Waals surface area contributed by atoms with E-state index >= 15 is 0 Å². The number of nitrogens with one attached hydrogen (secondary N) is 2. The maximum absolute atomic E-state index is 12.4. The Labute approximate surface area is 165 Å². The molecule has 2 aromatic rings. The van der Waals surface area contributed by atoms with E-state index in [1.54, 1.807) is 12.1 Å². The zero-order valence-corrected chi connectivity index (χ0v) is 16.9. The number of methoxy groups -OCH3 is 1. The number of anilines is 1. The van der Waals surface area contributed by atoms with Crippen LogP contribution in [-0.2, 0) is 24.8 Å². The second kappa shape index (κ2) is 8.48. The molecule has 1 aliphatic heterocycles. The maximum atomic E-state index is 12.4. The van der Waals surface area contributed by atoms with Crippen molar-refractivity contribution in [3.63, 3.8) is 0 Å². The lowest BCUT2D eigenvalue weighted by molar-refractivity contribution is 0.114. The third kappa shape index (κ3) is 5.02. The summed E-state index contributed by atoms with van der Waals surface area (Å²) < 4.78 is 64.9. The quantitative estimate of drug-likeness (QED) is 0.668. The summed E-state index contributed by atoms with van der Waals surface area (Å²) in [5.74, 6) is 0.545. The van der Waals surface area contributed by atoms with Crippen molar-refractivity contribution in [1.29, 1.82) is 0 Å². The Hall–Kier alpha value is -2.14. The number of benzene rings is 2. The molecule has 1 saturated heterocycles. The van der Waals surface area contributed by atoms with E-state index in [0.29, 0.717) is 12.4 Å². The molecule has 0 aromatic heterocycles. The first kappa shape index (κ1) is 20.6. The largest absolute Gasteiger partial charge is 0.497 e. The minimum atomic E-state index is -3.80. The van der Waals surface area contributed by atoms with Crippen LogP contribution in [0.4, 0.5) is 5.69 Å². The van der Waals surface area contributed by atoms with Gasteiger partial charge in [-0.2, -0.15) is 0 Å². The van der Waals surface area contributed by atoms with Crippen molar-refractivity contribution in [2.75, 3.05) is 25.0 Å². The molecule has 0 radical (unpaired) electrons. The first-order valence-electron chi connectivity index (χ1n) is 8.68. The molecule has 0 aliphatic carbocycles. The molecule has 0 bridgehead atoms. The summed E-state index contributed by atoms with van der Waals surface area (Å²) >= 11 is 0. The van der Waals surface area contributed by atoms with Gasteiger partial charge >= 0.3 is 0 Å². The van der Waals surface area contributed by atoms with Crippen LogP contribution in [0.3, 0.4) is 0 Å². The molecule has 1 fully saturated rings. The van der Waals surface area contributed by atoms with Crippen molar-refractivity contribution in [3.8, 4) is 5.75 Å². The Bertz CT molecular complexity index is 997. The SMILES string of the molecule is COc1ccc(S(=O)(=O)Nc2ccc(S(=O)(=O)NC[C@H]3CCCO3)cc2)cc1. The first-order chi connectivity index (χ1) is 13.3. The highest BCUT2D eigenvalue weighted by Crippen LogP contribution is 2.21. The van der Waals surface area contributed by atoms with Crippen LogP contribution in [0.15, 0.2) is 58.3 Å². The van der Waals surface area contributed by atoms with Gasteiger partial charge in [0.2, 0.25) is 10.0 Å². The maximum Gasteiger partial charge on any atom is 0.261 e. The first-order valence-corrected chi connectivity index (χ1v) is 11.6. The van der Waals surface area contributed by atoms with Gasteiger partial charge in [0.05, 0.1) is 23.0 Å². The van der Waals surface area contributed by atoms with Crippen molar-refractivity contribution in [3.05, 3.63) is 48.5 Å². The minimum Gasteiger partial charge on any atom is -0.497 e. The molecular weight excluding hydrogens is 404 g/mol. The summed E-state index contributed by atoms with van der Waals surface area (Å²) in [7, 11) is -5.99. The predicted molar refractivity (Wildman–Crippen MR) is 104 cm³/mol. The molecule has 8 nitrogen and oxygen atoms in total. The number of sulfonamides is 2. The van der Waals surface area contributed by atoms with Gasteiger partial charge in [-0.1, -0.05) is 0 Å². The average Bonchev–Trinajstić information content (AvgIpc) is 3.20. The summed E-state index contributed by atoms with van der Waals surface area (Å²) in [6.07, 6.45) is 1.65. The summed E-state index contributed by atoms with van der Waals surface area (Å²) in [5, 5.41) is 0. The standard InChI is InChI=1S/C18H22N2O6S2/c1-25-15-6-10-18(11-7-15)28(23,24)20-14-4-8-17(9-5-14)27(21,22)19-13-16-3-2-12-26-16/h4-11,16,19-20H,2-3,12-13H2,1H3/t16-/m1/s1. The van der Waals surface area contributed by atoms with Crippen LogP contribution in [0, 0.1) is 0 Å². The van der Waals surface area contributed by atoms with Crippen LogP contribution < -0.4 is 14.2 Å². The molecule has 3 rings (SSSR count). The van der Waals surface area contributed by atoms with Crippen molar-refractivity contribution >= 4 is 25.7 Å². The third-order valence-electron chi connectivity index (χ3n) is 4.31. The molecule has 28 heavy (non-hydrogen) atoms. The summed E-state index contributed by atoms with van der Waals surface area (Å²) in [5.41, 5.74) is 0.258. The molecule has 1 aliphatic rings. The molecular formula is C18H22N2O6S2. The van der Waals surface area contributed by atoms with Crippen molar-refractivity contribution in [2.45, 2.75) is 28.7 Å². The topological polar surface area (TPSA) is 111 Å². The van der Waals surface area contributed by atoms with Crippen LogP contribution in [0.1, 0.15) is 12.8 Å². The number of hydrogen-bond acceptors (Lipinski definition) is 6. The van der Waals surface area contributed by atoms with Gasteiger partial charge in [0.25, 0.3) is 10.0 Å². The fourth-order valence-electron chi connectivity index (χ4n) is 2.76. The van der Waals surface area contributed by atoms with Crippen LogP contribution in [0.2, 0.25) is 0 Å². The van der Waals surface area contributed by atoms with E-state index < -0.39 is 20.0 Å². The highest BCUT2D eigenvalue weighted by Gasteiger charge is 2.20. The van der Waals surface area contributed by atoms with Crippen LogP contribution in [0.25, 0.3) is 0 Å². The van der Waals surface area contributed by atoms with Gasteiger partial charge in [-0.25, -0.2) is 21.6 Å². The van der Waals surface area contributed by atoms with E-state index in [1.165, 1.54) is 43.5 Å². The number of ether oxygens (including phenoxy) is 2.